The minimum absolute atomic E-state index is 0.108. The highest BCUT2D eigenvalue weighted by Crippen LogP contribution is 2.27. The van der Waals surface area contributed by atoms with Crippen LogP contribution in [0.15, 0.2) is 24.5 Å². The number of hydrogen-bond acceptors (Lipinski definition) is 7. The average molecular weight is 451 g/mol. The molecule has 0 aliphatic carbocycles. The first-order chi connectivity index (χ1) is 13.2. The molecule has 0 bridgehead atoms. The van der Waals surface area contributed by atoms with E-state index in [1.54, 1.807) is 12.1 Å². The van der Waals surface area contributed by atoms with Crippen molar-refractivity contribution in [2.24, 2.45) is 7.05 Å². The summed E-state index contributed by atoms with van der Waals surface area (Å²) in [6, 6.07) is 4.82. The summed E-state index contributed by atoms with van der Waals surface area (Å²) in [7, 11) is -2.72. The molecular formula is C16H20Cl2N4O5S. The maximum absolute atomic E-state index is 12.3. The Balaban J connectivity index is 2.20. The van der Waals surface area contributed by atoms with E-state index in [0.29, 0.717) is 24.8 Å². The predicted octanol–water partition coefficient (Wildman–Crippen LogP) is 2.83. The normalized spacial score (nSPS) is 11.4. The molecule has 0 N–H and O–H groups in total. The summed E-state index contributed by atoms with van der Waals surface area (Å²) < 4.78 is 31.0. The quantitative estimate of drug-likeness (QED) is 0.237. The van der Waals surface area contributed by atoms with Crippen LogP contribution in [0.4, 0.5) is 11.5 Å². The fraction of sp³-hybridized carbons (Fsp3) is 0.438. The molecule has 0 aliphatic rings. The van der Waals surface area contributed by atoms with Gasteiger partial charge in [0.25, 0.3) is 0 Å². The third-order valence-corrected chi connectivity index (χ3v) is 5.32. The van der Waals surface area contributed by atoms with Crippen molar-refractivity contribution in [3.63, 3.8) is 0 Å². The third kappa shape index (κ3) is 5.49. The van der Waals surface area contributed by atoms with Gasteiger partial charge in [-0.2, -0.15) is 8.42 Å². The number of hydrogen-bond donors (Lipinski definition) is 0. The van der Waals surface area contributed by atoms with Crippen LogP contribution < -0.4 is 9.08 Å². The van der Waals surface area contributed by atoms with Gasteiger partial charge in [-0.3, -0.25) is 0 Å². The van der Waals surface area contributed by atoms with E-state index in [1.165, 1.54) is 19.4 Å². The maximum atomic E-state index is 12.3. The summed E-state index contributed by atoms with van der Waals surface area (Å²) in [6.07, 6.45) is 1.18. The number of nitrogens with zero attached hydrogens (tertiary/aromatic N) is 4. The van der Waals surface area contributed by atoms with Crippen molar-refractivity contribution >= 4 is 44.8 Å². The van der Waals surface area contributed by atoms with Crippen LogP contribution in [0.5, 0.6) is 5.75 Å². The molecule has 0 saturated heterocycles. The van der Waals surface area contributed by atoms with E-state index in [9.17, 15) is 18.5 Å². The lowest BCUT2D eigenvalue weighted by atomic mass is 10.1. The van der Waals surface area contributed by atoms with Crippen molar-refractivity contribution < 1.29 is 17.5 Å². The molecule has 0 atom stereocenters. The summed E-state index contributed by atoms with van der Waals surface area (Å²) in [6.45, 7) is 3.00. The van der Waals surface area contributed by atoms with Crippen LogP contribution in [0.3, 0.4) is 0 Å². The van der Waals surface area contributed by atoms with Crippen molar-refractivity contribution in [3.8, 4) is 5.75 Å². The number of alkyl halides is 2. The van der Waals surface area contributed by atoms with E-state index in [0.717, 1.165) is 15.8 Å². The zero-order valence-corrected chi connectivity index (χ0v) is 17.7. The summed E-state index contributed by atoms with van der Waals surface area (Å²) in [5.41, 5.74) is 1.47. The van der Waals surface area contributed by atoms with Crippen LogP contribution in [0.1, 0.15) is 11.3 Å². The Morgan fingerprint density at radius 2 is 1.93 bits per heavy atom. The molecular weight excluding hydrogens is 431 g/mol. The molecule has 1 aromatic heterocycles. The number of nitro groups is 1. The van der Waals surface area contributed by atoms with Crippen LogP contribution in [-0.2, 0) is 22.9 Å². The number of rotatable bonds is 10. The average Bonchev–Trinajstić information content (AvgIpc) is 2.94. The Bertz CT molecular complexity index is 943. The second-order valence-corrected chi connectivity index (χ2v) is 8.31. The number of benzene rings is 1. The van der Waals surface area contributed by atoms with E-state index in [4.69, 9.17) is 27.4 Å². The van der Waals surface area contributed by atoms with Crippen LogP contribution in [-0.4, -0.2) is 47.7 Å². The molecule has 0 saturated carbocycles. The molecule has 154 valence electrons. The smallest absolute Gasteiger partial charge is 0.346 e. The lowest BCUT2D eigenvalue weighted by molar-refractivity contribution is -0.392. The summed E-state index contributed by atoms with van der Waals surface area (Å²) in [5.74, 6) is -0.152. The van der Waals surface area contributed by atoms with Gasteiger partial charge in [0.1, 0.15) is 11.5 Å². The summed E-state index contributed by atoms with van der Waals surface area (Å²) in [5, 5.41) is 11.1. The van der Waals surface area contributed by atoms with Crippen molar-refractivity contribution in [2.75, 3.05) is 29.7 Å². The first kappa shape index (κ1) is 22.3. The minimum atomic E-state index is -4.14. The SMILES string of the molecule is Cc1cc(OS(=O)(=O)Cc2ncn(C)c2[N+](=O)[O-])ccc1N(CCCl)CCCl. The molecule has 0 fully saturated rings. The molecule has 12 heteroatoms. The van der Waals surface area contributed by atoms with E-state index < -0.39 is 26.6 Å². The van der Waals surface area contributed by atoms with Gasteiger partial charge in [-0.05, 0) is 35.6 Å². The highest BCUT2D eigenvalue weighted by Gasteiger charge is 2.26. The van der Waals surface area contributed by atoms with Crippen molar-refractivity contribution in [1.29, 1.82) is 0 Å². The summed E-state index contributed by atoms with van der Waals surface area (Å²) in [4.78, 5) is 16.2. The molecule has 1 heterocycles. The third-order valence-electron chi connectivity index (χ3n) is 3.91. The van der Waals surface area contributed by atoms with Crippen LogP contribution in [0.2, 0.25) is 0 Å². The number of halogens is 2. The fourth-order valence-electron chi connectivity index (χ4n) is 2.74. The Hall–Kier alpha value is -2.04. The first-order valence-electron chi connectivity index (χ1n) is 8.22. The molecule has 28 heavy (non-hydrogen) atoms. The first-order valence-corrected chi connectivity index (χ1v) is 10.9. The van der Waals surface area contributed by atoms with Gasteiger partial charge in [-0.25, -0.2) is 9.55 Å². The van der Waals surface area contributed by atoms with Gasteiger partial charge < -0.3 is 19.2 Å². The Labute approximate surface area is 173 Å². The Morgan fingerprint density at radius 1 is 1.29 bits per heavy atom. The number of anilines is 1. The van der Waals surface area contributed by atoms with E-state index in [1.807, 2.05) is 11.8 Å². The highest BCUT2D eigenvalue weighted by molar-refractivity contribution is 7.86. The van der Waals surface area contributed by atoms with Gasteiger partial charge >= 0.3 is 15.9 Å². The van der Waals surface area contributed by atoms with Gasteiger partial charge in [-0.1, -0.05) is 0 Å². The lowest BCUT2D eigenvalue weighted by Gasteiger charge is -2.25. The topological polar surface area (TPSA) is 108 Å². The van der Waals surface area contributed by atoms with Gasteiger partial charge in [-0.15, -0.1) is 23.2 Å². The Morgan fingerprint density at radius 3 is 2.46 bits per heavy atom. The van der Waals surface area contributed by atoms with Crippen LogP contribution in [0, 0.1) is 17.0 Å². The molecule has 9 nitrogen and oxygen atoms in total. The molecule has 1 aromatic carbocycles. The highest BCUT2D eigenvalue weighted by atomic mass is 35.5. The predicted molar refractivity (Wildman–Crippen MR) is 108 cm³/mol. The monoisotopic (exact) mass is 450 g/mol. The van der Waals surface area contributed by atoms with Crippen LogP contribution >= 0.6 is 23.2 Å². The van der Waals surface area contributed by atoms with E-state index in [2.05, 4.69) is 4.98 Å². The minimum Gasteiger partial charge on any atom is -0.382 e. The molecule has 0 radical (unpaired) electrons. The molecule has 0 unspecified atom stereocenters. The molecule has 2 rings (SSSR count). The van der Waals surface area contributed by atoms with Gasteiger partial charge in [0.2, 0.25) is 0 Å². The summed E-state index contributed by atoms with van der Waals surface area (Å²) >= 11 is 11.6. The fourth-order valence-corrected chi connectivity index (χ4v) is 4.15. The van der Waals surface area contributed by atoms with Crippen LogP contribution in [0.25, 0.3) is 0 Å². The molecule has 0 aliphatic heterocycles. The van der Waals surface area contributed by atoms with E-state index >= 15 is 0 Å². The zero-order chi connectivity index (χ0) is 20.9. The number of aromatic nitrogens is 2. The van der Waals surface area contributed by atoms with Crippen molar-refractivity contribution in [1.82, 2.24) is 9.55 Å². The maximum Gasteiger partial charge on any atom is 0.346 e. The van der Waals surface area contributed by atoms with Crippen molar-refractivity contribution in [3.05, 3.63) is 45.9 Å². The molecule has 0 amide bonds. The standard InChI is InChI=1S/C16H20Cl2N4O5S/c1-12-9-13(3-4-15(12)21(7-5-17)8-6-18)27-28(25,26)10-14-16(22(23)24)20(2)11-19-14/h3-4,9,11H,5-8,10H2,1-2H3. The Kier molecular flexibility index (Phi) is 7.50. The number of aryl methyl sites for hydroxylation is 2. The zero-order valence-electron chi connectivity index (χ0n) is 15.3. The molecule has 0 spiro atoms. The second kappa shape index (κ2) is 9.44. The van der Waals surface area contributed by atoms with Gasteiger partial charge in [0.05, 0.1) is 7.05 Å². The molecule has 2 aromatic rings. The van der Waals surface area contributed by atoms with E-state index in [-0.39, 0.29) is 11.4 Å². The van der Waals surface area contributed by atoms with Crippen molar-refractivity contribution in [2.45, 2.75) is 12.7 Å². The lowest BCUT2D eigenvalue weighted by Crippen LogP contribution is -2.28. The second-order valence-electron chi connectivity index (χ2n) is 5.98. The largest absolute Gasteiger partial charge is 0.382 e. The number of imidazole rings is 1. The van der Waals surface area contributed by atoms with Gasteiger partial charge in [0, 0.05) is 30.5 Å². The van der Waals surface area contributed by atoms with Gasteiger partial charge in [0.15, 0.2) is 12.0 Å².